The molecule has 0 aliphatic carbocycles. The number of hydrogen-bond acceptors (Lipinski definition) is 2. The first-order chi connectivity index (χ1) is 11.2. The SMILES string of the molecule is O=C(C(=O)N1CCC(Cc2ccccc2)CC1)N1CCCCC1. The van der Waals surface area contributed by atoms with Gasteiger partial charge in [0.2, 0.25) is 0 Å². The van der Waals surface area contributed by atoms with Crippen LogP contribution in [0.1, 0.15) is 37.7 Å². The molecule has 4 heteroatoms. The molecule has 2 saturated heterocycles. The van der Waals surface area contributed by atoms with Crippen molar-refractivity contribution < 1.29 is 9.59 Å². The molecule has 4 nitrogen and oxygen atoms in total. The summed E-state index contributed by atoms with van der Waals surface area (Å²) in [6.45, 7) is 2.93. The van der Waals surface area contributed by atoms with Gasteiger partial charge in [-0.2, -0.15) is 0 Å². The third-order valence-electron chi connectivity index (χ3n) is 5.10. The Balaban J connectivity index is 1.48. The van der Waals surface area contributed by atoms with Crippen LogP contribution >= 0.6 is 0 Å². The maximum absolute atomic E-state index is 12.4. The molecule has 2 aliphatic heterocycles. The van der Waals surface area contributed by atoms with Gasteiger partial charge in [0, 0.05) is 26.2 Å². The predicted molar refractivity (Wildman–Crippen MR) is 89.9 cm³/mol. The number of carbonyl (C=O) groups excluding carboxylic acids is 2. The second-order valence-electron chi connectivity index (χ2n) is 6.78. The van der Waals surface area contributed by atoms with Gasteiger partial charge in [-0.15, -0.1) is 0 Å². The lowest BCUT2D eigenvalue weighted by molar-refractivity contribution is -0.153. The fraction of sp³-hybridized carbons (Fsp3) is 0.579. The van der Waals surface area contributed by atoms with Crippen LogP contribution in [-0.2, 0) is 16.0 Å². The zero-order valence-electron chi connectivity index (χ0n) is 13.7. The first kappa shape index (κ1) is 16.0. The molecule has 2 heterocycles. The van der Waals surface area contributed by atoms with Crippen molar-refractivity contribution >= 4 is 11.8 Å². The van der Waals surface area contributed by atoms with Gasteiger partial charge in [-0.1, -0.05) is 30.3 Å². The van der Waals surface area contributed by atoms with Crippen molar-refractivity contribution in [2.75, 3.05) is 26.2 Å². The Kier molecular flexibility index (Phi) is 5.31. The van der Waals surface area contributed by atoms with E-state index in [-0.39, 0.29) is 11.8 Å². The number of amides is 2. The second kappa shape index (κ2) is 7.62. The monoisotopic (exact) mass is 314 g/mol. The number of piperidine rings is 2. The van der Waals surface area contributed by atoms with Crippen LogP contribution in [0, 0.1) is 5.92 Å². The van der Waals surface area contributed by atoms with E-state index in [0.717, 1.165) is 58.3 Å². The van der Waals surface area contributed by atoms with Crippen molar-refractivity contribution in [3.05, 3.63) is 35.9 Å². The maximum atomic E-state index is 12.4. The molecule has 0 radical (unpaired) electrons. The topological polar surface area (TPSA) is 40.6 Å². The molecule has 0 N–H and O–H groups in total. The molecular weight excluding hydrogens is 288 g/mol. The Morgan fingerprint density at radius 2 is 1.39 bits per heavy atom. The van der Waals surface area contributed by atoms with Gasteiger partial charge in [0.15, 0.2) is 0 Å². The lowest BCUT2D eigenvalue weighted by Gasteiger charge is -2.34. The number of hydrogen-bond donors (Lipinski definition) is 0. The Morgan fingerprint density at radius 3 is 2.00 bits per heavy atom. The van der Waals surface area contributed by atoms with E-state index in [2.05, 4.69) is 24.3 Å². The third-order valence-corrected chi connectivity index (χ3v) is 5.10. The normalized spacial score (nSPS) is 19.7. The summed E-state index contributed by atoms with van der Waals surface area (Å²) in [5.41, 5.74) is 1.36. The molecular formula is C19H26N2O2. The molecule has 0 unspecified atom stereocenters. The molecule has 2 aliphatic rings. The molecule has 2 fully saturated rings. The van der Waals surface area contributed by atoms with Crippen molar-refractivity contribution in [2.24, 2.45) is 5.92 Å². The van der Waals surface area contributed by atoms with Crippen LogP contribution in [-0.4, -0.2) is 47.8 Å². The van der Waals surface area contributed by atoms with Crippen LogP contribution in [0.3, 0.4) is 0 Å². The van der Waals surface area contributed by atoms with Crippen molar-refractivity contribution in [1.82, 2.24) is 9.80 Å². The van der Waals surface area contributed by atoms with E-state index < -0.39 is 0 Å². The van der Waals surface area contributed by atoms with E-state index in [1.54, 1.807) is 9.80 Å². The molecule has 124 valence electrons. The molecule has 23 heavy (non-hydrogen) atoms. The summed E-state index contributed by atoms with van der Waals surface area (Å²) in [5.74, 6) is 0.0443. The molecule has 0 bridgehead atoms. The van der Waals surface area contributed by atoms with E-state index >= 15 is 0 Å². The smallest absolute Gasteiger partial charge is 0.312 e. The molecule has 0 atom stereocenters. The fourth-order valence-corrected chi connectivity index (χ4v) is 3.66. The first-order valence-corrected chi connectivity index (χ1v) is 8.86. The van der Waals surface area contributed by atoms with E-state index in [4.69, 9.17) is 0 Å². The summed E-state index contributed by atoms with van der Waals surface area (Å²) in [6, 6.07) is 10.5. The van der Waals surface area contributed by atoms with Gasteiger partial charge in [0.1, 0.15) is 0 Å². The van der Waals surface area contributed by atoms with Gasteiger partial charge in [0.05, 0.1) is 0 Å². The molecule has 1 aromatic carbocycles. The summed E-state index contributed by atoms with van der Waals surface area (Å²) in [4.78, 5) is 28.2. The van der Waals surface area contributed by atoms with E-state index in [9.17, 15) is 9.59 Å². The van der Waals surface area contributed by atoms with Gasteiger partial charge in [0.25, 0.3) is 0 Å². The van der Waals surface area contributed by atoms with Crippen molar-refractivity contribution in [3.63, 3.8) is 0 Å². The molecule has 3 rings (SSSR count). The van der Waals surface area contributed by atoms with Crippen LogP contribution in [0.15, 0.2) is 30.3 Å². The molecule has 0 spiro atoms. The average molecular weight is 314 g/mol. The Bertz CT molecular complexity index is 530. The highest BCUT2D eigenvalue weighted by Gasteiger charge is 2.30. The van der Waals surface area contributed by atoms with Gasteiger partial charge in [-0.25, -0.2) is 0 Å². The highest BCUT2D eigenvalue weighted by atomic mass is 16.2. The minimum Gasteiger partial charge on any atom is -0.334 e. The van der Waals surface area contributed by atoms with Crippen LogP contribution in [0.2, 0.25) is 0 Å². The average Bonchev–Trinajstić information content (AvgIpc) is 2.63. The van der Waals surface area contributed by atoms with Crippen molar-refractivity contribution in [1.29, 1.82) is 0 Å². The summed E-state index contributed by atoms with van der Waals surface area (Å²) >= 11 is 0. The largest absolute Gasteiger partial charge is 0.334 e. The van der Waals surface area contributed by atoms with Crippen molar-refractivity contribution in [2.45, 2.75) is 38.5 Å². The van der Waals surface area contributed by atoms with Crippen molar-refractivity contribution in [3.8, 4) is 0 Å². The van der Waals surface area contributed by atoms with Gasteiger partial charge < -0.3 is 9.80 Å². The minimum atomic E-state index is -0.287. The molecule has 1 aromatic rings. The number of nitrogens with zero attached hydrogens (tertiary/aromatic N) is 2. The molecule has 0 saturated carbocycles. The van der Waals surface area contributed by atoms with Gasteiger partial charge in [-0.05, 0) is 50.0 Å². The van der Waals surface area contributed by atoms with E-state index in [1.807, 2.05) is 6.07 Å². The van der Waals surface area contributed by atoms with Crippen LogP contribution < -0.4 is 0 Å². The lowest BCUT2D eigenvalue weighted by Crippen LogP contribution is -2.49. The quantitative estimate of drug-likeness (QED) is 0.787. The Hall–Kier alpha value is -1.84. The lowest BCUT2D eigenvalue weighted by atomic mass is 9.90. The van der Waals surface area contributed by atoms with E-state index in [1.165, 1.54) is 12.0 Å². The standard InChI is InChI=1S/C19H26N2O2/c22-18(20-11-5-2-6-12-20)19(23)21-13-9-17(10-14-21)15-16-7-3-1-4-8-16/h1,3-4,7-8,17H,2,5-6,9-15H2. The summed E-state index contributed by atoms with van der Waals surface area (Å²) in [5, 5.41) is 0. The first-order valence-electron chi connectivity index (χ1n) is 8.86. The van der Waals surface area contributed by atoms with Crippen LogP contribution in [0.25, 0.3) is 0 Å². The zero-order valence-corrected chi connectivity index (χ0v) is 13.7. The number of benzene rings is 1. The fourth-order valence-electron chi connectivity index (χ4n) is 3.66. The van der Waals surface area contributed by atoms with Gasteiger partial charge >= 0.3 is 11.8 Å². The number of carbonyl (C=O) groups is 2. The minimum absolute atomic E-state index is 0.286. The zero-order chi connectivity index (χ0) is 16.1. The summed E-state index contributed by atoms with van der Waals surface area (Å²) < 4.78 is 0. The van der Waals surface area contributed by atoms with Crippen LogP contribution in [0.4, 0.5) is 0 Å². The highest BCUT2D eigenvalue weighted by Crippen LogP contribution is 2.22. The van der Waals surface area contributed by atoms with E-state index in [0.29, 0.717) is 5.92 Å². The Labute approximate surface area is 138 Å². The summed E-state index contributed by atoms with van der Waals surface area (Å²) in [7, 11) is 0. The second-order valence-corrected chi connectivity index (χ2v) is 6.78. The third kappa shape index (κ3) is 4.12. The Morgan fingerprint density at radius 1 is 0.826 bits per heavy atom. The number of likely N-dealkylation sites (tertiary alicyclic amines) is 2. The summed E-state index contributed by atoms with van der Waals surface area (Å²) in [6.07, 6.45) is 6.28. The van der Waals surface area contributed by atoms with Crippen LogP contribution in [0.5, 0.6) is 0 Å². The molecule has 0 aromatic heterocycles. The van der Waals surface area contributed by atoms with Gasteiger partial charge in [-0.3, -0.25) is 9.59 Å². The number of rotatable bonds is 2. The predicted octanol–water partition coefficient (Wildman–Crippen LogP) is 2.48. The maximum Gasteiger partial charge on any atom is 0.312 e. The molecule has 2 amide bonds. The highest BCUT2D eigenvalue weighted by molar-refractivity contribution is 6.34.